The molecule has 1 atom stereocenters. The highest BCUT2D eigenvalue weighted by atomic mass is 16.6. The first-order chi connectivity index (χ1) is 16.4. The van der Waals surface area contributed by atoms with Gasteiger partial charge in [-0.3, -0.25) is 9.59 Å². The quantitative estimate of drug-likeness (QED) is 0.717. The van der Waals surface area contributed by atoms with E-state index in [2.05, 4.69) is 10.6 Å². The lowest BCUT2D eigenvalue weighted by Crippen LogP contribution is -2.45. The van der Waals surface area contributed by atoms with Gasteiger partial charge in [-0.2, -0.15) is 0 Å². The van der Waals surface area contributed by atoms with Crippen LogP contribution in [0, 0.1) is 0 Å². The highest BCUT2D eigenvalue weighted by Crippen LogP contribution is 2.46. The van der Waals surface area contributed by atoms with E-state index in [9.17, 15) is 19.2 Å². The molecule has 2 aromatic carbocycles. The maximum atomic E-state index is 13.4. The number of anilines is 1. The number of rotatable bonds is 3. The third-order valence-electron chi connectivity index (χ3n) is 6.44. The predicted molar refractivity (Wildman–Crippen MR) is 120 cm³/mol. The molecule has 2 N–H and O–H groups in total. The second kappa shape index (κ2) is 8.36. The van der Waals surface area contributed by atoms with Gasteiger partial charge in [0.15, 0.2) is 0 Å². The van der Waals surface area contributed by atoms with Crippen molar-refractivity contribution in [1.82, 2.24) is 15.1 Å². The Morgan fingerprint density at radius 3 is 2.76 bits per heavy atom. The number of nitrogens with one attached hydrogen (secondary N) is 2. The van der Waals surface area contributed by atoms with Crippen LogP contribution in [0.3, 0.4) is 0 Å². The van der Waals surface area contributed by atoms with Crippen LogP contribution >= 0.6 is 0 Å². The molecule has 2 aliphatic heterocycles. The van der Waals surface area contributed by atoms with Gasteiger partial charge in [0.2, 0.25) is 11.5 Å². The van der Waals surface area contributed by atoms with Gasteiger partial charge >= 0.3 is 12.1 Å². The molecule has 0 bridgehead atoms. The lowest BCUT2D eigenvalue weighted by atomic mass is 9.94. The number of hydrogen-bond acceptors (Lipinski definition) is 6. The van der Waals surface area contributed by atoms with Crippen molar-refractivity contribution in [2.75, 3.05) is 32.1 Å². The summed E-state index contributed by atoms with van der Waals surface area (Å²) in [6.45, 7) is 0.610. The molecule has 176 valence electrons. The van der Waals surface area contributed by atoms with Gasteiger partial charge in [-0.15, -0.1) is 0 Å². The Labute approximate surface area is 195 Å². The molecule has 2 heterocycles. The summed E-state index contributed by atoms with van der Waals surface area (Å²) in [6, 6.07) is 12.2. The van der Waals surface area contributed by atoms with E-state index in [4.69, 9.17) is 9.47 Å². The van der Waals surface area contributed by atoms with Gasteiger partial charge in [-0.05, 0) is 30.2 Å². The molecule has 0 unspecified atom stereocenters. The van der Waals surface area contributed by atoms with Gasteiger partial charge in [0.1, 0.15) is 18.9 Å². The fourth-order valence-electron chi connectivity index (χ4n) is 4.70. The van der Waals surface area contributed by atoms with Crippen LogP contribution in [-0.2, 0) is 32.9 Å². The summed E-state index contributed by atoms with van der Waals surface area (Å²) in [5.74, 6) is -0.171. The number of benzene rings is 2. The summed E-state index contributed by atoms with van der Waals surface area (Å²) < 4.78 is 11.3. The predicted octanol–water partition coefficient (Wildman–Crippen LogP) is 1.98. The van der Waals surface area contributed by atoms with Crippen LogP contribution in [0.2, 0.25) is 0 Å². The van der Waals surface area contributed by atoms with Crippen molar-refractivity contribution in [1.29, 1.82) is 0 Å². The lowest BCUT2D eigenvalue weighted by molar-refractivity contribution is -0.142. The van der Waals surface area contributed by atoms with Crippen LogP contribution < -0.4 is 15.4 Å². The normalized spacial score (nSPS) is 20.9. The van der Waals surface area contributed by atoms with Crippen LogP contribution in [0.15, 0.2) is 42.5 Å². The van der Waals surface area contributed by atoms with Crippen molar-refractivity contribution in [3.05, 3.63) is 59.2 Å². The Hall–Kier alpha value is -4.08. The summed E-state index contributed by atoms with van der Waals surface area (Å²) >= 11 is 0. The van der Waals surface area contributed by atoms with E-state index in [1.807, 2.05) is 24.3 Å². The molecule has 1 saturated heterocycles. The zero-order chi connectivity index (χ0) is 23.9. The molecule has 2 aromatic rings. The van der Waals surface area contributed by atoms with E-state index >= 15 is 0 Å². The van der Waals surface area contributed by atoms with Crippen LogP contribution in [0.5, 0.6) is 5.75 Å². The summed E-state index contributed by atoms with van der Waals surface area (Å²) in [6.07, 6.45) is -0.0451. The minimum Gasteiger partial charge on any atom is -0.491 e. The van der Waals surface area contributed by atoms with Crippen LogP contribution in [-0.4, -0.2) is 60.5 Å². The van der Waals surface area contributed by atoms with E-state index < -0.39 is 24.1 Å². The van der Waals surface area contributed by atoms with E-state index in [1.165, 1.54) is 7.05 Å². The zero-order valence-corrected chi connectivity index (χ0v) is 18.6. The van der Waals surface area contributed by atoms with E-state index in [0.29, 0.717) is 37.4 Å². The zero-order valence-electron chi connectivity index (χ0n) is 18.6. The summed E-state index contributed by atoms with van der Waals surface area (Å²) in [7, 11) is 1.52. The Morgan fingerprint density at radius 1 is 1.12 bits per heavy atom. The summed E-state index contributed by atoms with van der Waals surface area (Å²) in [5, 5.41) is 5.17. The first-order valence-corrected chi connectivity index (χ1v) is 11.1. The van der Waals surface area contributed by atoms with Crippen LogP contribution in [0.1, 0.15) is 23.1 Å². The number of aryl methyl sites for hydroxylation is 1. The standard InChI is InChI=1S/C24H24N4O6/c1-25-22(31)26-17-6-7-18-15(12-17)8-9-24(18)21(30)28(23(32)34-24)14-20(29)27-10-11-33-19-5-3-2-4-16(19)13-27/h2-7,12H,8-11,13-14H2,1H3,(H2,25,26,31)/t24-/m0/s1. The van der Waals surface area contributed by atoms with E-state index in [1.54, 1.807) is 23.1 Å². The van der Waals surface area contributed by atoms with Gasteiger partial charge in [-0.25, -0.2) is 14.5 Å². The lowest BCUT2D eigenvalue weighted by Gasteiger charge is -2.23. The summed E-state index contributed by atoms with van der Waals surface area (Å²) in [5.41, 5.74) is 1.39. The van der Waals surface area contributed by atoms with Crippen LogP contribution in [0.25, 0.3) is 0 Å². The molecule has 34 heavy (non-hydrogen) atoms. The number of para-hydroxylation sites is 1. The molecule has 5 amide bonds. The molecular weight excluding hydrogens is 440 g/mol. The van der Waals surface area contributed by atoms with E-state index in [-0.39, 0.29) is 18.4 Å². The molecule has 1 aliphatic carbocycles. The Bertz CT molecular complexity index is 1200. The number of imide groups is 1. The molecule has 1 fully saturated rings. The van der Waals surface area contributed by atoms with Crippen LogP contribution in [0.4, 0.5) is 15.3 Å². The van der Waals surface area contributed by atoms with Crippen molar-refractivity contribution in [3.63, 3.8) is 0 Å². The third-order valence-corrected chi connectivity index (χ3v) is 6.44. The fraction of sp³-hybridized carbons (Fsp3) is 0.333. The molecular formula is C24H24N4O6. The maximum absolute atomic E-state index is 13.4. The number of hydrogen-bond donors (Lipinski definition) is 2. The fourth-order valence-corrected chi connectivity index (χ4v) is 4.70. The minimum atomic E-state index is -1.44. The number of carbonyl (C=O) groups excluding carboxylic acids is 4. The highest BCUT2D eigenvalue weighted by molar-refractivity contribution is 6.06. The minimum absolute atomic E-state index is 0.284. The van der Waals surface area contributed by atoms with Gasteiger partial charge < -0.3 is 25.0 Å². The van der Waals surface area contributed by atoms with Crippen molar-refractivity contribution in [2.45, 2.75) is 25.0 Å². The SMILES string of the molecule is CNC(=O)Nc1ccc2c(c1)CC[C@]21OC(=O)N(CC(=O)N2CCOc3ccccc3C2)C1=O. The number of urea groups is 1. The number of carbonyl (C=O) groups is 4. The molecule has 0 aromatic heterocycles. The first-order valence-electron chi connectivity index (χ1n) is 11.1. The molecule has 10 nitrogen and oxygen atoms in total. The Morgan fingerprint density at radius 2 is 1.94 bits per heavy atom. The topological polar surface area (TPSA) is 117 Å². The molecule has 0 radical (unpaired) electrons. The van der Waals surface area contributed by atoms with Crippen molar-refractivity contribution in [2.24, 2.45) is 0 Å². The molecule has 10 heteroatoms. The van der Waals surface area contributed by atoms with Crippen molar-refractivity contribution in [3.8, 4) is 5.75 Å². The highest BCUT2D eigenvalue weighted by Gasteiger charge is 2.58. The van der Waals surface area contributed by atoms with Crippen molar-refractivity contribution >= 4 is 29.6 Å². The second-order valence-corrected chi connectivity index (χ2v) is 8.43. The average Bonchev–Trinajstić information content (AvgIpc) is 3.19. The Balaban J connectivity index is 1.33. The molecule has 3 aliphatic rings. The largest absolute Gasteiger partial charge is 0.491 e. The third kappa shape index (κ3) is 3.60. The van der Waals surface area contributed by atoms with Crippen molar-refractivity contribution < 1.29 is 28.7 Å². The van der Waals surface area contributed by atoms with Gasteiger partial charge in [0, 0.05) is 36.8 Å². The number of fused-ring (bicyclic) bond motifs is 3. The maximum Gasteiger partial charge on any atom is 0.418 e. The average molecular weight is 464 g/mol. The second-order valence-electron chi connectivity index (χ2n) is 8.43. The van der Waals surface area contributed by atoms with Gasteiger partial charge in [-0.1, -0.05) is 24.3 Å². The Kier molecular flexibility index (Phi) is 5.35. The number of ether oxygens (including phenoxy) is 2. The number of amides is 5. The number of nitrogens with zero attached hydrogens (tertiary/aromatic N) is 2. The molecule has 0 saturated carbocycles. The molecule has 1 spiro atoms. The molecule has 5 rings (SSSR count). The van der Waals surface area contributed by atoms with Gasteiger partial charge in [0.25, 0.3) is 5.91 Å². The smallest absolute Gasteiger partial charge is 0.418 e. The van der Waals surface area contributed by atoms with E-state index in [0.717, 1.165) is 21.8 Å². The monoisotopic (exact) mass is 464 g/mol. The van der Waals surface area contributed by atoms with Gasteiger partial charge in [0.05, 0.1) is 6.54 Å². The summed E-state index contributed by atoms with van der Waals surface area (Å²) in [4.78, 5) is 53.2. The first kappa shape index (κ1) is 21.7.